The van der Waals surface area contributed by atoms with Crippen molar-refractivity contribution in [1.29, 1.82) is 0 Å². The van der Waals surface area contributed by atoms with E-state index in [2.05, 4.69) is 9.97 Å². The molecule has 6 nitrogen and oxygen atoms in total. The normalized spacial score (nSPS) is 11.8. The van der Waals surface area contributed by atoms with Gasteiger partial charge in [-0.15, -0.1) is 23.1 Å². The number of aromatic nitrogens is 3. The molecule has 2 aromatic heterocycles. The summed E-state index contributed by atoms with van der Waals surface area (Å²) in [5, 5.41) is 9.53. The van der Waals surface area contributed by atoms with Gasteiger partial charge in [-0.25, -0.2) is 14.8 Å². The molecule has 0 radical (unpaired) electrons. The number of halogens is 3. The van der Waals surface area contributed by atoms with E-state index < -0.39 is 24.3 Å². The molecule has 0 unspecified atom stereocenters. The van der Waals surface area contributed by atoms with Crippen molar-refractivity contribution in [2.45, 2.75) is 23.7 Å². The first-order valence-electron chi connectivity index (χ1n) is 9.69. The number of alkyl halides is 3. The molecule has 0 aliphatic rings. The molecule has 0 atom stereocenters. The predicted molar refractivity (Wildman–Crippen MR) is 121 cm³/mol. The van der Waals surface area contributed by atoms with Crippen LogP contribution in [0.4, 0.5) is 13.2 Å². The minimum Gasteiger partial charge on any atom is -0.480 e. The Morgan fingerprint density at radius 3 is 2.61 bits per heavy atom. The number of imidazole rings is 1. The fraction of sp³-hybridized carbons (Fsp3) is 0.227. The summed E-state index contributed by atoms with van der Waals surface area (Å²) in [6.45, 7) is 1.42. The van der Waals surface area contributed by atoms with E-state index in [1.807, 2.05) is 24.6 Å². The molecule has 4 rings (SSSR count). The van der Waals surface area contributed by atoms with E-state index in [0.717, 1.165) is 33.1 Å². The van der Waals surface area contributed by atoms with Crippen LogP contribution in [0.25, 0.3) is 21.6 Å². The van der Waals surface area contributed by atoms with Crippen LogP contribution in [0.2, 0.25) is 0 Å². The number of carboxylic acid groups (broad SMARTS) is 1. The number of thioether (sulfide) groups is 1. The van der Waals surface area contributed by atoms with Crippen molar-refractivity contribution in [3.8, 4) is 16.3 Å². The van der Waals surface area contributed by atoms with E-state index in [0.29, 0.717) is 27.6 Å². The standard InChI is InChI=1S/C22H18F3N3O3S2/c1-12-17(33-21(27-12)13-3-5-14(6-4-13)22(23,24)25)10-32-16-8-7-15(31-9-18(29)30)19-20(16)28(2)11-26-19/h3-8,11H,9-10H2,1-2H3,(H,29,30). The number of fused-ring (bicyclic) bond motifs is 1. The Balaban J connectivity index is 1.54. The Labute approximate surface area is 195 Å². The molecule has 0 fully saturated rings. The van der Waals surface area contributed by atoms with Gasteiger partial charge in [0.05, 0.1) is 23.1 Å². The highest BCUT2D eigenvalue weighted by molar-refractivity contribution is 7.98. The average molecular weight is 494 g/mol. The van der Waals surface area contributed by atoms with E-state index in [-0.39, 0.29) is 0 Å². The molecular weight excluding hydrogens is 475 g/mol. The number of carbonyl (C=O) groups is 1. The fourth-order valence-electron chi connectivity index (χ4n) is 3.21. The van der Waals surface area contributed by atoms with Crippen molar-refractivity contribution in [2.75, 3.05) is 6.61 Å². The van der Waals surface area contributed by atoms with Crippen LogP contribution in [0.5, 0.6) is 5.75 Å². The van der Waals surface area contributed by atoms with Crippen LogP contribution >= 0.6 is 23.1 Å². The summed E-state index contributed by atoms with van der Waals surface area (Å²) in [7, 11) is 1.85. The second-order valence-corrected chi connectivity index (χ2v) is 9.29. The number of benzene rings is 2. The third-order valence-electron chi connectivity index (χ3n) is 4.85. The monoisotopic (exact) mass is 493 g/mol. The largest absolute Gasteiger partial charge is 0.480 e. The lowest BCUT2D eigenvalue weighted by Gasteiger charge is -2.09. The third kappa shape index (κ3) is 4.98. The summed E-state index contributed by atoms with van der Waals surface area (Å²) in [4.78, 5) is 21.7. The van der Waals surface area contributed by atoms with Gasteiger partial charge >= 0.3 is 12.1 Å². The highest BCUT2D eigenvalue weighted by Gasteiger charge is 2.30. The number of nitrogens with zero attached hydrogens (tertiary/aromatic N) is 3. The molecular formula is C22H18F3N3O3S2. The smallest absolute Gasteiger partial charge is 0.416 e. The van der Waals surface area contributed by atoms with Crippen LogP contribution in [0.3, 0.4) is 0 Å². The second kappa shape index (κ2) is 9.06. The summed E-state index contributed by atoms with van der Waals surface area (Å²) in [6, 6.07) is 8.56. The van der Waals surface area contributed by atoms with Crippen molar-refractivity contribution >= 4 is 40.1 Å². The van der Waals surface area contributed by atoms with Gasteiger partial charge < -0.3 is 14.4 Å². The van der Waals surface area contributed by atoms with Gasteiger partial charge in [-0.3, -0.25) is 0 Å². The van der Waals surface area contributed by atoms with Crippen molar-refractivity contribution in [3.05, 3.63) is 58.9 Å². The van der Waals surface area contributed by atoms with Crippen LogP contribution < -0.4 is 4.74 Å². The summed E-state index contributed by atoms with van der Waals surface area (Å²) in [6.07, 6.45) is -2.73. The van der Waals surface area contributed by atoms with Crippen LogP contribution in [0, 0.1) is 6.92 Å². The number of thiazole rings is 1. The molecule has 33 heavy (non-hydrogen) atoms. The SMILES string of the molecule is Cc1nc(-c2ccc(C(F)(F)F)cc2)sc1CSc1ccc(OCC(=O)O)c2ncn(C)c12. The van der Waals surface area contributed by atoms with Crippen molar-refractivity contribution in [3.63, 3.8) is 0 Å². The molecule has 0 bridgehead atoms. The summed E-state index contributed by atoms with van der Waals surface area (Å²) < 4.78 is 45.6. The first-order chi connectivity index (χ1) is 15.6. The van der Waals surface area contributed by atoms with Crippen molar-refractivity contribution in [1.82, 2.24) is 14.5 Å². The van der Waals surface area contributed by atoms with E-state index >= 15 is 0 Å². The minimum atomic E-state index is -4.37. The quantitative estimate of drug-likeness (QED) is 0.329. The zero-order valence-electron chi connectivity index (χ0n) is 17.5. The Bertz CT molecular complexity index is 1310. The first-order valence-corrected chi connectivity index (χ1v) is 11.5. The lowest BCUT2D eigenvalue weighted by Crippen LogP contribution is -2.09. The maximum absolute atomic E-state index is 12.8. The van der Waals surface area contributed by atoms with Gasteiger partial charge in [0, 0.05) is 28.1 Å². The van der Waals surface area contributed by atoms with E-state index in [1.54, 1.807) is 24.2 Å². The Kier molecular flexibility index (Phi) is 6.35. The Hall–Kier alpha value is -3.05. The molecule has 0 aliphatic carbocycles. The van der Waals surface area contributed by atoms with E-state index in [1.165, 1.54) is 23.5 Å². The van der Waals surface area contributed by atoms with Gasteiger partial charge in [0.15, 0.2) is 6.61 Å². The van der Waals surface area contributed by atoms with Gasteiger partial charge in [-0.05, 0) is 31.2 Å². The molecule has 1 N–H and O–H groups in total. The van der Waals surface area contributed by atoms with Crippen LogP contribution in [0.1, 0.15) is 16.1 Å². The van der Waals surface area contributed by atoms with Gasteiger partial charge in [-0.1, -0.05) is 12.1 Å². The molecule has 172 valence electrons. The summed E-state index contributed by atoms with van der Waals surface area (Å²) in [5.41, 5.74) is 2.18. The Morgan fingerprint density at radius 2 is 1.94 bits per heavy atom. The van der Waals surface area contributed by atoms with Crippen LogP contribution in [-0.2, 0) is 23.8 Å². The van der Waals surface area contributed by atoms with Crippen molar-refractivity contribution < 1.29 is 27.8 Å². The summed E-state index contributed by atoms with van der Waals surface area (Å²) in [5.74, 6) is -0.0577. The number of hydrogen-bond donors (Lipinski definition) is 1. The number of rotatable bonds is 7. The average Bonchev–Trinajstić information content (AvgIpc) is 3.34. The lowest BCUT2D eigenvalue weighted by molar-refractivity contribution is -0.139. The third-order valence-corrected chi connectivity index (χ3v) is 7.31. The first kappa shape index (κ1) is 23.1. The van der Waals surface area contributed by atoms with Crippen LogP contribution in [0.15, 0.2) is 47.6 Å². The maximum Gasteiger partial charge on any atom is 0.416 e. The van der Waals surface area contributed by atoms with Gasteiger partial charge in [-0.2, -0.15) is 13.2 Å². The molecule has 11 heteroatoms. The lowest BCUT2D eigenvalue weighted by atomic mass is 10.1. The van der Waals surface area contributed by atoms with Gasteiger partial charge in [0.2, 0.25) is 0 Å². The molecule has 0 spiro atoms. The van der Waals surface area contributed by atoms with E-state index in [9.17, 15) is 18.0 Å². The number of aliphatic carboxylic acids is 1. The Morgan fingerprint density at radius 1 is 1.21 bits per heavy atom. The number of hydrogen-bond acceptors (Lipinski definition) is 6. The van der Waals surface area contributed by atoms with Crippen molar-refractivity contribution in [2.24, 2.45) is 7.05 Å². The van der Waals surface area contributed by atoms with Gasteiger partial charge in [0.25, 0.3) is 0 Å². The predicted octanol–water partition coefficient (Wildman–Crippen LogP) is 5.78. The molecule has 0 saturated carbocycles. The van der Waals surface area contributed by atoms with Gasteiger partial charge in [0.1, 0.15) is 16.3 Å². The molecule has 2 heterocycles. The molecule has 0 amide bonds. The van der Waals surface area contributed by atoms with Crippen LogP contribution in [-0.4, -0.2) is 32.2 Å². The minimum absolute atomic E-state index is 0.399. The molecule has 4 aromatic rings. The zero-order chi connectivity index (χ0) is 23.8. The molecule has 0 aliphatic heterocycles. The topological polar surface area (TPSA) is 77.2 Å². The molecule has 0 saturated heterocycles. The van der Waals surface area contributed by atoms with E-state index in [4.69, 9.17) is 9.84 Å². The summed E-state index contributed by atoms with van der Waals surface area (Å²) >= 11 is 3.02. The number of ether oxygens (including phenoxy) is 1. The number of carboxylic acids is 1. The zero-order valence-corrected chi connectivity index (χ0v) is 19.1. The maximum atomic E-state index is 12.8. The fourth-order valence-corrected chi connectivity index (χ4v) is 5.53. The molecule has 2 aromatic carbocycles. The number of aryl methyl sites for hydroxylation is 2. The highest BCUT2D eigenvalue weighted by atomic mass is 32.2. The highest BCUT2D eigenvalue weighted by Crippen LogP contribution is 2.38. The second-order valence-electron chi connectivity index (χ2n) is 7.19.